The molecule has 5 nitrogen and oxygen atoms in total. The van der Waals surface area contributed by atoms with E-state index < -0.39 is 0 Å². The third-order valence-corrected chi connectivity index (χ3v) is 4.96. The molecule has 7 heteroatoms. The van der Waals surface area contributed by atoms with E-state index in [0.717, 1.165) is 36.8 Å². The van der Waals surface area contributed by atoms with Crippen LogP contribution < -0.4 is 15.4 Å². The lowest BCUT2D eigenvalue weighted by Gasteiger charge is -2.18. The van der Waals surface area contributed by atoms with E-state index in [1.165, 1.54) is 10.4 Å². The Morgan fingerprint density at radius 2 is 2.15 bits per heavy atom. The fourth-order valence-electron chi connectivity index (χ4n) is 2.69. The highest BCUT2D eigenvalue weighted by Gasteiger charge is 2.18. The van der Waals surface area contributed by atoms with E-state index in [2.05, 4.69) is 58.3 Å². The number of rotatable bonds is 6. The molecule has 1 aromatic carbocycles. The number of benzene rings is 1. The first kappa shape index (κ1) is 21.0. The molecule has 0 amide bonds. The van der Waals surface area contributed by atoms with Gasteiger partial charge in [0.25, 0.3) is 0 Å². The average Bonchev–Trinajstić information content (AvgIpc) is 3.30. The summed E-state index contributed by atoms with van der Waals surface area (Å²) >= 11 is 1.73. The number of ether oxygens (including phenoxy) is 2. The van der Waals surface area contributed by atoms with Gasteiger partial charge in [0.1, 0.15) is 11.9 Å². The van der Waals surface area contributed by atoms with Gasteiger partial charge < -0.3 is 20.1 Å². The number of hydrogen-bond donors (Lipinski definition) is 2. The van der Waals surface area contributed by atoms with Crippen LogP contribution in [0.2, 0.25) is 0 Å². The van der Waals surface area contributed by atoms with Crippen LogP contribution in [0.4, 0.5) is 0 Å². The van der Waals surface area contributed by atoms with Crippen molar-refractivity contribution < 1.29 is 9.47 Å². The quantitative estimate of drug-likeness (QED) is 0.371. The molecule has 1 unspecified atom stereocenters. The van der Waals surface area contributed by atoms with Crippen molar-refractivity contribution in [3.05, 3.63) is 51.7 Å². The van der Waals surface area contributed by atoms with Crippen molar-refractivity contribution in [2.24, 2.45) is 4.99 Å². The summed E-state index contributed by atoms with van der Waals surface area (Å²) in [6, 6.07) is 10.5. The molecule has 1 aliphatic heterocycles. The maximum absolute atomic E-state index is 6.15. The number of hydrogen-bond acceptors (Lipinski definition) is 4. The molecule has 1 aliphatic rings. The lowest BCUT2D eigenvalue weighted by Crippen LogP contribution is -2.36. The lowest BCUT2D eigenvalue weighted by atomic mass is 10.1. The first-order chi connectivity index (χ1) is 12.2. The van der Waals surface area contributed by atoms with Crippen molar-refractivity contribution in [2.75, 3.05) is 20.3 Å². The molecule has 0 bridgehead atoms. The van der Waals surface area contributed by atoms with Gasteiger partial charge in [-0.3, -0.25) is 4.99 Å². The van der Waals surface area contributed by atoms with Crippen molar-refractivity contribution in [1.82, 2.24) is 10.6 Å². The molecule has 142 valence electrons. The normalized spacial score (nSPS) is 16.8. The van der Waals surface area contributed by atoms with E-state index >= 15 is 0 Å². The number of aryl methyl sites for hydroxylation is 1. The zero-order chi connectivity index (χ0) is 17.5. The Bertz CT molecular complexity index is 701. The van der Waals surface area contributed by atoms with Crippen molar-refractivity contribution in [2.45, 2.75) is 32.5 Å². The highest BCUT2D eigenvalue weighted by molar-refractivity contribution is 14.0. The Morgan fingerprint density at radius 3 is 2.85 bits per heavy atom. The molecular formula is C19H26IN3O2S. The van der Waals surface area contributed by atoms with E-state index in [-0.39, 0.29) is 30.1 Å². The molecule has 1 fully saturated rings. The van der Waals surface area contributed by atoms with Gasteiger partial charge in [0, 0.05) is 30.5 Å². The lowest BCUT2D eigenvalue weighted by molar-refractivity contribution is 0.140. The van der Waals surface area contributed by atoms with Crippen molar-refractivity contribution >= 4 is 41.3 Å². The standard InChI is InChI=1S/C19H25N3O2S.HI/c1-14-5-6-15(18(10-14)24-16-7-8-23-13-16)11-21-19(20-2)22-12-17-4-3-9-25-17;/h3-6,9-10,16H,7-8,11-13H2,1-2H3,(H2,20,21,22);1H. The van der Waals surface area contributed by atoms with E-state index in [1.54, 1.807) is 18.4 Å². The first-order valence-electron chi connectivity index (χ1n) is 8.55. The van der Waals surface area contributed by atoms with Gasteiger partial charge in [0.2, 0.25) is 0 Å². The summed E-state index contributed by atoms with van der Waals surface area (Å²) in [5.74, 6) is 1.71. The molecule has 1 saturated heterocycles. The third-order valence-electron chi connectivity index (χ3n) is 4.08. The Hall–Kier alpha value is -1.32. The number of thiophene rings is 1. The smallest absolute Gasteiger partial charge is 0.191 e. The van der Waals surface area contributed by atoms with E-state index in [4.69, 9.17) is 9.47 Å². The average molecular weight is 487 g/mol. The molecular weight excluding hydrogens is 461 g/mol. The molecule has 0 aliphatic carbocycles. The Labute approximate surface area is 176 Å². The molecule has 2 heterocycles. The van der Waals surface area contributed by atoms with Gasteiger partial charge in [-0.25, -0.2) is 0 Å². The molecule has 0 saturated carbocycles. The second-order valence-corrected chi connectivity index (χ2v) is 7.11. The van der Waals surface area contributed by atoms with Gasteiger partial charge in [-0.1, -0.05) is 18.2 Å². The molecule has 0 spiro atoms. The highest BCUT2D eigenvalue weighted by atomic mass is 127. The third kappa shape index (κ3) is 6.14. The minimum atomic E-state index is 0. The van der Waals surface area contributed by atoms with Crippen molar-refractivity contribution in [3.8, 4) is 5.75 Å². The summed E-state index contributed by atoms with van der Waals surface area (Å²) < 4.78 is 11.6. The monoisotopic (exact) mass is 487 g/mol. The zero-order valence-electron chi connectivity index (χ0n) is 15.2. The Kier molecular flexibility index (Phi) is 8.67. The topological polar surface area (TPSA) is 54.9 Å². The maximum atomic E-state index is 6.15. The summed E-state index contributed by atoms with van der Waals surface area (Å²) in [6.07, 6.45) is 1.10. The summed E-state index contributed by atoms with van der Waals surface area (Å²) in [7, 11) is 1.78. The number of guanidine groups is 1. The first-order valence-corrected chi connectivity index (χ1v) is 9.43. The second kappa shape index (κ2) is 10.7. The van der Waals surface area contributed by atoms with E-state index in [1.807, 2.05) is 0 Å². The van der Waals surface area contributed by atoms with E-state index in [0.29, 0.717) is 13.2 Å². The van der Waals surface area contributed by atoms with Gasteiger partial charge in [-0.2, -0.15) is 0 Å². The minimum absolute atomic E-state index is 0. The molecule has 1 aromatic heterocycles. The minimum Gasteiger partial charge on any atom is -0.488 e. The molecule has 0 radical (unpaired) electrons. The number of nitrogens with zero attached hydrogens (tertiary/aromatic N) is 1. The Balaban J connectivity index is 0.00000243. The SMILES string of the molecule is CN=C(NCc1cccs1)NCc1ccc(C)cc1OC1CCOC1.I. The van der Waals surface area contributed by atoms with Crippen LogP contribution in [0, 0.1) is 6.92 Å². The molecule has 3 rings (SSSR count). The summed E-state index contributed by atoms with van der Waals surface area (Å²) in [5.41, 5.74) is 2.31. The molecule has 2 aromatic rings. The van der Waals surface area contributed by atoms with Crippen LogP contribution in [0.3, 0.4) is 0 Å². The predicted octanol–water partition coefficient (Wildman–Crippen LogP) is 3.71. The van der Waals surface area contributed by atoms with Crippen LogP contribution >= 0.6 is 35.3 Å². The number of aliphatic imine (C=N–C) groups is 1. The van der Waals surface area contributed by atoms with Crippen LogP contribution in [0.25, 0.3) is 0 Å². The molecule has 2 N–H and O–H groups in total. The van der Waals surface area contributed by atoms with Gasteiger partial charge >= 0.3 is 0 Å². The van der Waals surface area contributed by atoms with Crippen molar-refractivity contribution in [1.29, 1.82) is 0 Å². The van der Waals surface area contributed by atoms with E-state index in [9.17, 15) is 0 Å². The fraction of sp³-hybridized carbons (Fsp3) is 0.421. The van der Waals surface area contributed by atoms with Gasteiger partial charge in [-0.05, 0) is 30.0 Å². The van der Waals surface area contributed by atoms with Crippen LogP contribution in [-0.2, 0) is 17.8 Å². The number of halogens is 1. The van der Waals surface area contributed by atoms with Crippen LogP contribution in [0.1, 0.15) is 22.4 Å². The van der Waals surface area contributed by atoms with Crippen LogP contribution in [0.5, 0.6) is 5.75 Å². The second-order valence-electron chi connectivity index (χ2n) is 6.07. The maximum Gasteiger partial charge on any atom is 0.191 e. The summed E-state index contributed by atoms with van der Waals surface area (Å²) in [6.45, 7) is 4.96. The summed E-state index contributed by atoms with van der Waals surface area (Å²) in [4.78, 5) is 5.57. The highest BCUT2D eigenvalue weighted by Crippen LogP contribution is 2.23. The van der Waals surface area contributed by atoms with Crippen LogP contribution in [-0.4, -0.2) is 32.3 Å². The fourth-order valence-corrected chi connectivity index (χ4v) is 3.33. The van der Waals surface area contributed by atoms with Crippen LogP contribution in [0.15, 0.2) is 40.7 Å². The number of nitrogens with one attached hydrogen (secondary N) is 2. The van der Waals surface area contributed by atoms with Crippen molar-refractivity contribution in [3.63, 3.8) is 0 Å². The summed E-state index contributed by atoms with van der Waals surface area (Å²) in [5, 5.41) is 8.78. The molecule has 1 atom stereocenters. The predicted molar refractivity (Wildman–Crippen MR) is 118 cm³/mol. The Morgan fingerprint density at radius 1 is 1.31 bits per heavy atom. The zero-order valence-corrected chi connectivity index (χ0v) is 18.3. The van der Waals surface area contributed by atoms with Gasteiger partial charge in [-0.15, -0.1) is 35.3 Å². The largest absolute Gasteiger partial charge is 0.488 e. The molecule has 26 heavy (non-hydrogen) atoms. The van der Waals surface area contributed by atoms with Gasteiger partial charge in [0.15, 0.2) is 5.96 Å². The van der Waals surface area contributed by atoms with Gasteiger partial charge in [0.05, 0.1) is 19.8 Å².